The summed E-state index contributed by atoms with van der Waals surface area (Å²) in [5.74, 6) is -0.116. The summed E-state index contributed by atoms with van der Waals surface area (Å²) in [4.78, 5) is 35.5. The minimum absolute atomic E-state index is 0.159. The number of hydrogen-bond donors (Lipinski definition) is 2. The number of hydrogen-bond acceptors (Lipinski definition) is 4. The maximum absolute atomic E-state index is 12.4. The SMILES string of the molecule is CC(=O)Nc1cccc2c1C(=O)C(NC(C)=O)CS2. The summed E-state index contributed by atoms with van der Waals surface area (Å²) >= 11 is 1.50. The molecular formula is C13H14N2O3S. The topological polar surface area (TPSA) is 75.3 Å². The molecule has 1 aromatic rings. The van der Waals surface area contributed by atoms with Crippen LogP contribution in [0.15, 0.2) is 23.1 Å². The number of rotatable bonds is 2. The quantitative estimate of drug-likeness (QED) is 0.858. The van der Waals surface area contributed by atoms with E-state index in [0.29, 0.717) is 17.0 Å². The molecule has 0 spiro atoms. The molecule has 2 rings (SSSR count). The second-order valence-corrected chi connectivity index (χ2v) is 5.35. The third-order valence-electron chi connectivity index (χ3n) is 2.68. The van der Waals surface area contributed by atoms with Crippen LogP contribution in [0.2, 0.25) is 0 Å². The molecule has 1 heterocycles. The van der Waals surface area contributed by atoms with Gasteiger partial charge < -0.3 is 10.6 Å². The number of carbonyl (C=O) groups excluding carboxylic acids is 3. The van der Waals surface area contributed by atoms with Crippen molar-refractivity contribution in [3.8, 4) is 0 Å². The Balaban J connectivity index is 2.37. The van der Waals surface area contributed by atoms with Crippen LogP contribution in [-0.4, -0.2) is 29.4 Å². The molecule has 1 aliphatic rings. The summed E-state index contributed by atoms with van der Waals surface area (Å²) in [5.41, 5.74) is 0.977. The fraction of sp³-hybridized carbons (Fsp3) is 0.308. The van der Waals surface area contributed by atoms with Gasteiger partial charge in [-0.1, -0.05) is 6.07 Å². The smallest absolute Gasteiger partial charge is 0.221 e. The molecule has 0 saturated heterocycles. The lowest BCUT2D eigenvalue weighted by atomic mass is 10.0. The molecule has 0 fully saturated rings. The molecule has 1 atom stereocenters. The molecule has 1 aliphatic heterocycles. The number of anilines is 1. The lowest BCUT2D eigenvalue weighted by Gasteiger charge is -2.25. The van der Waals surface area contributed by atoms with Gasteiger partial charge in [-0.25, -0.2) is 0 Å². The predicted molar refractivity (Wildman–Crippen MR) is 73.4 cm³/mol. The molecule has 0 saturated carbocycles. The number of benzene rings is 1. The number of nitrogens with one attached hydrogen (secondary N) is 2. The zero-order valence-corrected chi connectivity index (χ0v) is 11.5. The molecule has 0 aromatic heterocycles. The van der Waals surface area contributed by atoms with Crippen LogP contribution >= 0.6 is 11.8 Å². The Morgan fingerprint density at radius 2 is 2.00 bits per heavy atom. The molecule has 0 radical (unpaired) electrons. The van der Waals surface area contributed by atoms with Gasteiger partial charge in [0.25, 0.3) is 0 Å². The number of ketones is 1. The van der Waals surface area contributed by atoms with Crippen molar-refractivity contribution in [3.63, 3.8) is 0 Å². The lowest BCUT2D eigenvalue weighted by Crippen LogP contribution is -2.43. The highest BCUT2D eigenvalue weighted by atomic mass is 32.2. The minimum Gasteiger partial charge on any atom is -0.345 e. The Kier molecular flexibility index (Phi) is 3.90. The second kappa shape index (κ2) is 5.44. The van der Waals surface area contributed by atoms with Crippen molar-refractivity contribution in [3.05, 3.63) is 23.8 Å². The van der Waals surface area contributed by atoms with Crippen LogP contribution in [0.3, 0.4) is 0 Å². The van der Waals surface area contributed by atoms with Crippen molar-refractivity contribution in [1.29, 1.82) is 0 Å². The van der Waals surface area contributed by atoms with Gasteiger partial charge >= 0.3 is 0 Å². The summed E-state index contributed by atoms with van der Waals surface area (Å²) in [5, 5.41) is 5.28. The van der Waals surface area contributed by atoms with Crippen LogP contribution in [0.1, 0.15) is 24.2 Å². The average Bonchev–Trinajstić information content (AvgIpc) is 2.31. The van der Waals surface area contributed by atoms with E-state index in [1.807, 2.05) is 6.07 Å². The van der Waals surface area contributed by atoms with Crippen molar-refractivity contribution in [2.45, 2.75) is 24.8 Å². The van der Waals surface area contributed by atoms with Gasteiger partial charge in [0.1, 0.15) is 6.04 Å². The van der Waals surface area contributed by atoms with E-state index >= 15 is 0 Å². The summed E-state index contributed by atoms with van der Waals surface area (Å²) in [6.45, 7) is 2.78. The first kappa shape index (κ1) is 13.6. The summed E-state index contributed by atoms with van der Waals surface area (Å²) < 4.78 is 0. The minimum atomic E-state index is -0.537. The first-order valence-corrected chi connectivity index (χ1v) is 6.82. The molecule has 0 aliphatic carbocycles. The van der Waals surface area contributed by atoms with Gasteiger partial charge in [0.15, 0.2) is 5.78 Å². The number of amides is 2. The van der Waals surface area contributed by atoms with Gasteiger partial charge in [-0.2, -0.15) is 0 Å². The molecule has 6 heteroatoms. The van der Waals surface area contributed by atoms with E-state index in [2.05, 4.69) is 10.6 Å². The number of thioether (sulfide) groups is 1. The first-order chi connectivity index (χ1) is 8.99. The highest BCUT2D eigenvalue weighted by Gasteiger charge is 2.30. The second-order valence-electron chi connectivity index (χ2n) is 4.29. The normalized spacial score (nSPS) is 17.6. The third kappa shape index (κ3) is 2.96. The number of Topliss-reactive ketones (excluding diaryl/α,β-unsaturated/α-hetero) is 1. The van der Waals surface area contributed by atoms with Crippen molar-refractivity contribution in [2.24, 2.45) is 0 Å². The van der Waals surface area contributed by atoms with Crippen molar-refractivity contribution in [2.75, 3.05) is 11.1 Å². The van der Waals surface area contributed by atoms with Gasteiger partial charge in [0.05, 0.1) is 11.3 Å². The molecule has 0 bridgehead atoms. The Hall–Kier alpha value is -1.82. The van der Waals surface area contributed by atoms with Crippen LogP contribution < -0.4 is 10.6 Å². The van der Waals surface area contributed by atoms with Crippen molar-refractivity contribution >= 4 is 35.0 Å². The van der Waals surface area contributed by atoms with E-state index in [0.717, 1.165) is 4.90 Å². The van der Waals surface area contributed by atoms with E-state index < -0.39 is 6.04 Å². The summed E-state index contributed by atoms with van der Waals surface area (Å²) in [6.07, 6.45) is 0. The Morgan fingerprint density at radius 1 is 1.26 bits per heavy atom. The zero-order chi connectivity index (χ0) is 14.0. The fourth-order valence-electron chi connectivity index (χ4n) is 1.97. The van der Waals surface area contributed by atoms with Gasteiger partial charge in [0.2, 0.25) is 11.8 Å². The van der Waals surface area contributed by atoms with E-state index in [9.17, 15) is 14.4 Å². The third-order valence-corrected chi connectivity index (χ3v) is 3.83. The number of carbonyl (C=O) groups is 3. The zero-order valence-electron chi connectivity index (χ0n) is 10.6. The van der Waals surface area contributed by atoms with Crippen molar-refractivity contribution < 1.29 is 14.4 Å². The Morgan fingerprint density at radius 3 is 2.63 bits per heavy atom. The average molecular weight is 278 g/mol. The van der Waals surface area contributed by atoms with Crippen LogP contribution in [0.5, 0.6) is 0 Å². The maximum atomic E-state index is 12.4. The summed E-state index contributed by atoms with van der Waals surface area (Å²) in [7, 11) is 0. The fourth-order valence-corrected chi connectivity index (χ4v) is 3.09. The highest BCUT2D eigenvalue weighted by Crippen LogP contribution is 2.34. The molecule has 1 unspecified atom stereocenters. The molecule has 1 aromatic carbocycles. The Bertz CT molecular complexity index is 557. The molecule has 100 valence electrons. The van der Waals surface area contributed by atoms with Crippen LogP contribution in [0.25, 0.3) is 0 Å². The Labute approximate surface area is 115 Å². The molecule has 2 N–H and O–H groups in total. The first-order valence-electron chi connectivity index (χ1n) is 5.83. The predicted octanol–water partition coefficient (Wildman–Crippen LogP) is 1.44. The highest BCUT2D eigenvalue weighted by molar-refractivity contribution is 7.99. The standard InChI is InChI=1S/C13H14N2O3S/c1-7(16)14-9-4-3-5-11-12(9)13(18)10(6-19-11)15-8(2)17/h3-5,10H,6H2,1-2H3,(H,14,16)(H,15,17). The van der Waals surface area contributed by atoms with Gasteiger partial charge in [-0.05, 0) is 12.1 Å². The van der Waals surface area contributed by atoms with E-state index in [-0.39, 0.29) is 17.6 Å². The van der Waals surface area contributed by atoms with Gasteiger partial charge in [-0.3, -0.25) is 14.4 Å². The van der Waals surface area contributed by atoms with Crippen LogP contribution in [0, 0.1) is 0 Å². The maximum Gasteiger partial charge on any atom is 0.221 e. The van der Waals surface area contributed by atoms with E-state index in [1.165, 1.54) is 25.6 Å². The monoisotopic (exact) mass is 278 g/mol. The van der Waals surface area contributed by atoms with Crippen molar-refractivity contribution in [1.82, 2.24) is 5.32 Å². The largest absolute Gasteiger partial charge is 0.345 e. The number of fused-ring (bicyclic) bond motifs is 1. The summed E-state index contributed by atoms with van der Waals surface area (Å²) in [6, 6.07) is 4.79. The molecule has 5 nitrogen and oxygen atoms in total. The van der Waals surface area contributed by atoms with Gasteiger partial charge in [0, 0.05) is 24.5 Å². The van der Waals surface area contributed by atoms with E-state index in [4.69, 9.17) is 0 Å². The molecular weight excluding hydrogens is 264 g/mol. The van der Waals surface area contributed by atoms with Crippen LogP contribution in [0.4, 0.5) is 5.69 Å². The lowest BCUT2D eigenvalue weighted by molar-refractivity contribution is -0.119. The molecule has 19 heavy (non-hydrogen) atoms. The molecule has 2 amide bonds. The van der Waals surface area contributed by atoms with Crippen LogP contribution in [-0.2, 0) is 9.59 Å². The van der Waals surface area contributed by atoms with Gasteiger partial charge in [-0.15, -0.1) is 11.8 Å². The van der Waals surface area contributed by atoms with E-state index in [1.54, 1.807) is 12.1 Å².